The van der Waals surface area contributed by atoms with Gasteiger partial charge in [0.2, 0.25) is 5.91 Å². The van der Waals surface area contributed by atoms with Gasteiger partial charge in [0, 0.05) is 24.6 Å². The predicted molar refractivity (Wildman–Crippen MR) is 146 cm³/mol. The van der Waals surface area contributed by atoms with Crippen LogP contribution in [0.2, 0.25) is 0 Å². The maximum Gasteiger partial charge on any atom is 0.280 e. The number of amides is 2. The Kier molecular flexibility index (Phi) is 9.68. The van der Waals surface area contributed by atoms with E-state index in [-0.39, 0.29) is 17.9 Å². The first-order valence-corrected chi connectivity index (χ1v) is 13.2. The Bertz CT molecular complexity index is 1010. The van der Waals surface area contributed by atoms with Crippen molar-refractivity contribution in [3.8, 4) is 0 Å². The smallest absolute Gasteiger partial charge is 0.280 e. The molecule has 194 valence electrons. The first-order valence-electron chi connectivity index (χ1n) is 13.2. The lowest BCUT2D eigenvalue weighted by Gasteiger charge is -2.41. The third-order valence-electron chi connectivity index (χ3n) is 7.42. The number of rotatable bonds is 9. The maximum absolute atomic E-state index is 13.5. The number of hydrogen-bond donors (Lipinski definition) is 2. The summed E-state index contributed by atoms with van der Waals surface area (Å²) < 4.78 is 0. The van der Waals surface area contributed by atoms with E-state index in [4.69, 9.17) is 11.5 Å². The number of nitrogens with two attached hydrogens (primary N) is 2. The van der Waals surface area contributed by atoms with Crippen LogP contribution >= 0.6 is 0 Å². The summed E-state index contributed by atoms with van der Waals surface area (Å²) in [5.41, 5.74) is 13.7. The SMILES string of the molecule is CC(C)(C)C1CCC(N(Cc2ccc(C(=O)N=C(N)N)cc2)C(=O)CCCCc2ccccc2)CC1. The Morgan fingerprint density at radius 2 is 1.53 bits per heavy atom. The first-order chi connectivity index (χ1) is 17.1. The quantitative estimate of drug-likeness (QED) is 0.277. The number of benzene rings is 2. The minimum absolute atomic E-state index is 0.225. The first kappa shape index (κ1) is 27.4. The summed E-state index contributed by atoms with van der Waals surface area (Å²) in [7, 11) is 0. The van der Waals surface area contributed by atoms with Crippen LogP contribution in [-0.2, 0) is 17.8 Å². The van der Waals surface area contributed by atoms with Crippen LogP contribution in [0, 0.1) is 11.3 Å². The van der Waals surface area contributed by atoms with Crippen LogP contribution in [0.3, 0.4) is 0 Å². The van der Waals surface area contributed by atoms with Crippen LogP contribution in [0.15, 0.2) is 59.6 Å². The largest absolute Gasteiger partial charge is 0.370 e. The van der Waals surface area contributed by atoms with Crippen molar-refractivity contribution < 1.29 is 9.59 Å². The molecule has 0 radical (unpaired) electrons. The molecule has 6 nitrogen and oxygen atoms in total. The molecule has 36 heavy (non-hydrogen) atoms. The molecule has 0 heterocycles. The van der Waals surface area contributed by atoms with Crippen LogP contribution in [-0.4, -0.2) is 28.7 Å². The predicted octanol–water partition coefficient (Wildman–Crippen LogP) is 5.45. The molecule has 1 saturated carbocycles. The van der Waals surface area contributed by atoms with Gasteiger partial charge in [-0.05, 0) is 79.5 Å². The fourth-order valence-corrected chi connectivity index (χ4v) is 5.20. The van der Waals surface area contributed by atoms with Gasteiger partial charge in [-0.3, -0.25) is 9.59 Å². The number of aliphatic imine (C=N–C) groups is 1. The molecule has 4 N–H and O–H groups in total. The van der Waals surface area contributed by atoms with Crippen LogP contribution in [0.5, 0.6) is 0 Å². The van der Waals surface area contributed by atoms with Crippen LogP contribution < -0.4 is 11.5 Å². The van der Waals surface area contributed by atoms with Gasteiger partial charge in [-0.25, -0.2) is 0 Å². The molecule has 0 saturated heterocycles. The van der Waals surface area contributed by atoms with Crippen molar-refractivity contribution in [1.82, 2.24) is 4.90 Å². The van der Waals surface area contributed by atoms with E-state index in [0.717, 1.165) is 50.5 Å². The molecule has 2 amide bonds. The number of hydrogen-bond acceptors (Lipinski definition) is 2. The number of nitrogens with zero attached hydrogens (tertiary/aromatic N) is 2. The van der Waals surface area contributed by atoms with Crippen molar-refractivity contribution in [2.45, 2.75) is 84.7 Å². The zero-order valence-corrected chi connectivity index (χ0v) is 22.1. The molecule has 2 aromatic rings. The van der Waals surface area contributed by atoms with Gasteiger partial charge in [-0.1, -0.05) is 63.2 Å². The lowest BCUT2D eigenvalue weighted by molar-refractivity contribution is -0.135. The van der Waals surface area contributed by atoms with Crippen molar-refractivity contribution in [1.29, 1.82) is 0 Å². The van der Waals surface area contributed by atoms with Crippen LogP contribution in [0.4, 0.5) is 0 Å². The topological polar surface area (TPSA) is 102 Å². The minimum atomic E-state index is -0.464. The minimum Gasteiger partial charge on any atom is -0.370 e. The van der Waals surface area contributed by atoms with Gasteiger partial charge < -0.3 is 16.4 Å². The summed E-state index contributed by atoms with van der Waals surface area (Å²) in [5.74, 6) is 0.202. The van der Waals surface area contributed by atoms with E-state index in [0.29, 0.717) is 29.9 Å². The Morgan fingerprint density at radius 1 is 0.889 bits per heavy atom. The Morgan fingerprint density at radius 3 is 2.11 bits per heavy atom. The van der Waals surface area contributed by atoms with Crippen LogP contribution in [0.1, 0.15) is 87.2 Å². The molecule has 1 aliphatic carbocycles. The van der Waals surface area contributed by atoms with Crippen molar-refractivity contribution in [2.75, 3.05) is 0 Å². The third-order valence-corrected chi connectivity index (χ3v) is 7.42. The zero-order chi connectivity index (χ0) is 26.1. The molecule has 0 aromatic heterocycles. The lowest BCUT2D eigenvalue weighted by Crippen LogP contribution is -2.43. The van der Waals surface area contributed by atoms with Gasteiger partial charge in [0.05, 0.1) is 0 Å². The molecule has 0 aliphatic heterocycles. The van der Waals surface area contributed by atoms with Gasteiger partial charge in [0.25, 0.3) is 5.91 Å². The summed E-state index contributed by atoms with van der Waals surface area (Å²) in [6.07, 6.45) is 7.83. The molecule has 0 bridgehead atoms. The molecular weight excluding hydrogens is 448 g/mol. The highest BCUT2D eigenvalue weighted by molar-refractivity contribution is 6.01. The van der Waals surface area contributed by atoms with E-state index < -0.39 is 5.91 Å². The second-order valence-electron chi connectivity index (χ2n) is 11.1. The zero-order valence-electron chi connectivity index (χ0n) is 22.1. The second-order valence-corrected chi connectivity index (χ2v) is 11.1. The fourth-order valence-electron chi connectivity index (χ4n) is 5.20. The van der Waals surface area contributed by atoms with Gasteiger partial charge in [0.1, 0.15) is 0 Å². The van der Waals surface area contributed by atoms with Crippen LogP contribution in [0.25, 0.3) is 0 Å². The Labute approximate surface area is 216 Å². The molecule has 6 heteroatoms. The maximum atomic E-state index is 13.5. The van der Waals surface area contributed by atoms with Gasteiger partial charge in [-0.15, -0.1) is 0 Å². The fraction of sp³-hybridized carbons (Fsp3) is 0.500. The van der Waals surface area contributed by atoms with Gasteiger partial charge in [0.15, 0.2) is 5.96 Å². The molecule has 0 spiro atoms. The van der Waals surface area contributed by atoms with Crippen molar-refractivity contribution in [3.05, 3.63) is 71.3 Å². The van der Waals surface area contributed by atoms with Crippen molar-refractivity contribution >= 4 is 17.8 Å². The molecule has 2 aromatic carbocycles. The highest BCUT2D eigenvalue weighted by Gasteiger charge is 2.33. The van der Waals surface area contributed by atoms with E-state index in [2.05, 4.69) is 54.9 Å². The molecule has 1 fully saturated rings. The number of carbonyl (C=O) groups excluding carboxylic acids is 2. The average molecular weight is 491 g/mol. The van der Waals surface area contributed by atoms with E-state index in [1.807, 2.05) is 18.2 Å². The number of aryl methyl sites for hydroxylation is 1. The summed E-state index contributed by atoms with van der Waals surface area (Å²) in [4.78, 5) is 31.2. The summed E-state index contributed by atoms with van der Waals surface area (Å²) in [5, 5.41) is 0. The normalized spacial score (nSPS) is 17.9. The standard InChI is InChI=1S/C30H42N4O2/c1-30(2,3)25-17-19-26(20-18-25)34(27(35)12-8-7-11-22-9-5-4-6-10-22)21-23-13-15-24(16-14-23)28(36)33-29(31)32/h4-6,9-10,13-16,25-26H,7-8,11-12,17-21H2,1-3H3,(H4,31,32,33,36). The number of carbonyl (C=O) groups is 2. The van der Waals surface area contributed by atoms with Crippen molar-refractivity contribution in [2.24, 2.45) is 27.8 Å². The molecule has 0 unspecified atom stereocenters. The Balaban J connectivity index is 1.65. The average Bonchev–Trinajstić information content (AvgIpc) is 2.85. The second kappa shape index (κ2) is 12.7. The highest BCUT2D eigenvalue weighted by atomic mass is 16.2. The monoisotopic (exact) mass is 490 g/mol. The lowest BCUT2D eigenvalue weighted by atomic mass is 9.71. The van der Waals surface area contributed by atoms with E-state index >= 15 is 0 Å². The molecule has 0 atom stereocenters. The number of guanidine groups is 1. The summed E-state index contributed by atoms with van der Waals surface area (Å²) in [6.45, 7) is 7.51. The van der Waals surface area contributed by atoms with E-state index in [9.17, 15) is 9.59 Å². The molecule has 3 rings (SSSR count). The molecular formula is C30H42N4O2. The van der Waals surface area contributed by atoms with Crippen molar-refractivity contribution in [3.63, 3.8) is 0 Å². The van der Waals surface area contributed by atoms with Gasteiger partial charge >= 0.3 is 0 Å². The summed E-state index contributed by atoms with van der Waals surface area (Å²) in [6, 6.07) is 17.9. The third kappa shape index (κ3) is 8.21. The van der Waals surface area contributed by atoms with E-state index in [1.165, 1.54) is 5.56 Å². The number of unbranched alkanes of at least 4 members (excludes halogenated alkanes) is 1. The van der Waals surface area contributed by atoms with Gasteiger partial charge in [-0.2, -0.15) is 4.99 Å². The molecule has 1 aliphatic rings. The highest BCUT2D eigenvalue weighted by Crippen LogP contribution is 2.39. The summed E-state index contributed by atoms with van der Waals surface area (Å²) >= 11 is 0. The van der Waals surface area contributed by atoms with E-state index in [1.54, 1.807) is 12.1 Å². The Hall–Kier alpha value is -3.15.